The lowest BCUT2D eigenvalue weighted by Gasteiger charge is -2.31. The van der Waals surface area contributed by atoms with Gasteiger partial charge >= 0.3 is 0 Å². The number of amidine groups is 1. The van der Waals surface area contributed by atoms with Crippen LogP contribution in [0.5, 0.6) is 5.75 Å². The molecule has 0 saturated heterocycles. The number of aryl methyl sites for hydroxylation is 1. The number of nitrogens with zero attached hydrogens (tertiary/aromatic N) is 4. The largest absolute Gasteiger partial charge is 0.506 e. The van der Waals surface area contributed by atoms with Gasteiger partial charge in [0.25, 0.3) is 10.0 Å². The maximum absolute atomic E-state index is 13.7. The Labute approximate surface area is 190 Å². The van der Waals surface area contributed by atoms with E-state index in [9.17, 15) is 13.5 Å². The van der Waals surface area contributed by atoms with Gasteiger partial charge in [0.15, 0.2) is 10.9 Å². The van der Waals surface area contributed by atoms with Crippen molar-refractivity contribution >= 4 is 49.8 Å². The number of pyridine rings is 1. The molecule has 5 rings (SSSR count). The van der Waals surface area contributed by atoms with Crippen molar-refractivity contribution in [1.82, 2.24) is 14.7 Å². The molecule has 0 aliphatic carbocycles. The minimum atomic E-state index is -4.14. The molecule has 2 aromatic carbocycles. The fourth-order valence-corrected chi connectivity index (χ4v) is 5.82. The summed E-state index contributed by atoms with van der Waals surface area (Å²) in [5.41, 5.74) is 2.89. The number of aliphatic imine (C=N–C) groups is 1. The molecule has 0 bridgehead atoms. The number of hydrogen-bond donors (Lipinski definition) is 2. The molecular formula is C22H19N5O3S2. The monoisotopic (exact) mass is 465 g/mol. The molecule has 1 aromatic heterocycles. The number of thiocarbonyl (C=S) groups is 1. The average molecular weight is 466 g/mol. The molecule has 0 spiro atoms. The van der Waals surface area contributed by atoms with Crippen LogP contribution < -0.4 is 5.32 Å². The van der Waals surface area contributed by atoms with Crippen LogP contribution in [0.15, 0.2) is 69.7 Å². The lowest BCUT2D eigenvalue weighted by Crippen LogP contribution is -2.46. The van der Waals surface area contributed by atoms with E-state index in [4.69, 9.17) is 12.2 Å². The summed E-state index contributed by atoms with van der Waals surface area (Å²) in [4.78, 5) is 8.46. The third-order valence-electron chi connectivity index (χ3n) is 5.65. The number of fused-ring (bicyclic) bond motifs is 2. The van der Waals surface area contributed by atoms with Gasteiger partial charge in [0.05, 0.1) is 16.9 Å². The summed E-state index contributed by atoms with van der Waals surface area (Å²) in [7, 11) is -4.14. The van der Waals surface area contributed by atoms with Gasteiger partial charge in [0, 0.05) is 17.3 Å². The second-order valence-corrected chi connectivity index (χ2v) is 9.88. The molecule has 8 nitrogen and oxygen atoms in total. The predicted octanol–water partition coefficient (Wildman–Crippen LogP) is 3.27. The van der Waals surface area contributed by atoms with Gasteiger partial charge in [-0.3, -0.25) is 4.98 Å². The standard InChI is InChI=1S/C22H19N5O3S2/c1-12-5-7-14(8-6-12)19-18-13(2)26-27(21(18)25-22(31)24-19)32(29,30)17-10-9-16(28)20-15(17)4-3-11-23-20/h3-11,18-19,28H,1-2H3,(H,24,31). The smallest absolute Gasteiger partial charge is 0.285 e. The predicted molar refractivity (Wildman–Crippen MR) is 126 cm³/mol. The van der Waals surface area contributed by atoms with Crippen LogP contribution in [0.4, 0.5) is 0 Å². The Morgan fingerprint density at radius 3 is 2.59 bits per heavy atom. The number of benzene rings is 2. The van der Waals surface area contributed by atoms with E-state index >= 15 is 0 Å². The summed E-state index contributed by atoms with van der Waals surface area (Å²) in [5, 5.41) is 18.2. The van der Waals surface area contributed by atoms with Gasteiger partial charge in [-0.25, -0.2) is 4.99 Å². The number of nitrogens with one attached hydrogen (secondary N) is 1. The van der Waals surface area contributed by atoms with E-state index in [0.717, 1.165) is 15.5 Å². The summed E-state index contributed by atoms with van der Waals surface area (Å²) in [6, 6.07) is 13.6. The minimum absolute atomic E-state index is 0.0189. The quantitative estimate of drug-likeness (QED) is 0.575. The Bertz CT molecular complexity index is 1430. The van der Waals surface area contributed by atoms with Crippen molar-refractivity contribution in [3.63, 3.8) is 0 Å². The molecule has 0 fully saturated rings. The van der Waals surface area contributed by atoms with Crippen molar-refractivity contribution in [2.45, 2.75) is 24.8 Å². The average Bonchev–Trinajstić information content (AvgIpc) is 3.11. The highest BCUT2D eigenvalue weighted by atomic mass is 32.2. The summed E-state index contributed by atoms with van der Waals surface area (Å²) in [6.45, 7) is 3.78. The number of aromatic nitrogens is 1. The summed E-state index contributed by atoms with van der Waals surface area (Å²) in [6.07, 6.45) is 1.49. The number of hydrogen-bond acceptors (Lipinski definition) is 6. The van der Waals surface area contributed by atoms with Crippen LogP contribution in [0.25, 0.3) is 10.9 Å². The first-order valence-corrected chi connectivity index (χ1v) is 11.7. The van der Waals surface area contributed by atoms with Crippen molar-refractivity contribution in [3.05, 3.63) is 65.9 Å². The highest BCUT2D eigenvalue weighted by molar-refractivity contribution is 7.90. The zero-order valence-corrected chi connectivity index (χ0v) is 18.9. The lowest BCUT2D eigenvalue weighted by molar-refractivity contribution is 0.480. The summed E-state index contributed by atoms with van der Waals surface area (Å²) < 4.78 is 28.4. The Kier molecular flexibility index (Phi) is 4.72. The molecule has 3 heterocycles. The van der Waals surface area contributed by atoms with Gasteiger partial charge in [-0.05, 0) is 55.9 Å². The van der Waals surface area contributed by atoms with Crippen molar-refractivity contribution in [3.8, 4) is 5.75 Å². The molecule has 32 heavy (non-hydrogen) atoms. The normalized spacial score (nSPS) is 20.6. The van der Waals surface area contributed by atoms with Crippen LogP contribution in [0.1, 0.15) is 24.1 Å². The molecule has 2 aliphatic rings. The van der Waals surface area contributed by atoms with E-state index in [0.29, 0.717) is 11.1 Å². The number of phenolic OH excluding ortho intramolecular Hbond substituents is 1. The van der Waals surface area contributed by atoms with Crippen LogP contribution in [0.3, 0.4) is 0 Å². The number of sulfonamides is 1. The van der Waals surface area contributed by atoms with Crippen LogP contribution in [-0.2, 0) is 10.0 Å². The number of hydrazone groups is 1. The minimum Gasteiger partial charge on any atom is -0.506 e. The maximum atomic E-state index is 13.7. The summed E-state index contributed by atoms with van der Waals surface area (Å²) >= 11 is 5.34. The molecule has 0 radical (unpaired) electrons. The third kappa shape index (κ3) is 3.14. The van der Waals surface area contributed by atoms with Crippen LogP contribution in [0.2, 0.25) is 0 Å². The van der Waals surface area contributed by atoms with E-state index in [-0.39, 0.29) is 33.2 Å². The molecule has 3 aromatic rings. The molecule has 0 amide bonds. The van der Waals surface area contributed by atoms with E-state index < -0.39 is 15.9 Å². The molecule has 2 atom stereocenters. The topological polar surface area (TPSA) is 107 Å². The van der Waals surface area contributed by atoms with E-state index in [2.05, 4.69) is 20.4 Å². The lowest BCUT2D eigenvalue weighted by atomic mass is 9.88. The van der Waals surface area contributed by atoms with Crippen molar-refractivity contribution in [1.29, 1.82) is 0 Å². The molecule has 0 saturated carbocycles. The molecule has 162 valence electrons. The van der Waals surface area contributed by atoms with Crippen LogP contribution >= 0.6 is 12.2 Å². The van der Waals surface area contributed by atoms with Crippen LogP contribution in [0, 0.1) is 12.8 Å². The van der Waals surface area contributed by atoms with Gasteiger partial charge in [-0.15, -0.1) is 4.41 Å². The second kappa shape index (κ2) is 7.35. The Morgan fingerprint density at radius 1 is 1.09 bits per heavy atom. The van der Waals surface area contributed by atoms with Gasteiger partial charge in [-0.1, -0.05) is 29.8 Å². The van der Waals surface area contributed by atoms with Gasteiger partial charge in [-0.2, -0.15) is 13.5 Å². The van der Waals surface area contributed by atoms with Crippen molar-refractivity contribution < 1.29 is 13.5 Å². The molecule has 10 heteroatoms. The SMILES string of the molecule is CC1=NN(S(=O)(=O)c2ccc(O)c3ncccc23)C2=NC(=S)NC(c3ccc(C)cc3)C12. The molecular weight excluding hydrogens is 446 g/mol. The number of phenols is 1. The molecule has 2 N–H and O–H groups in total. The molecule has 2 unspecified atom stereocenters. The highest BCUT2D eigenvalue weighted by Gasteiger charge is 2.46. The third-order valence-corrected chi connectivity index (χ3v) is 7.50. The Morgan fingerprint density at radius 2 is 1.84 bits per heavy atom. The van der Waals surface area contributed by atoms with E-state index in [1.54, 1.807) is 19.1 Å². The fourth-order valence-electron chi connectivity index (χ4n) is 4.09. The number of rotatable bonds is 3. The fraction of sp³-hybridized carbons (Fsp3) is 0.182. The first-order chi connectivity index (χ1) is 15.3. The van der Waals surface area contributed by atoms with E-state index in [1.165, 1.54) is 18.3 Å². The van der Waals surface area contributed by atoms with Gasteiger partial charge in [0.2, 0.25) is 0 Å². The molecule has 2 aliphatic heterocycles. The summed E-state index contributed by atoms with van der Waals surface area (Å²) in [5.74, 6) is -0.249. The van der Waals surface area contributed by atoms with Gasteiger partial charge in [0.1, 0.15) is 11.3 Å². The second-order valence-electron chi connectivity index (χ2n) is 7.76. The van der Waals surface area contributed by atoms with Crippen molar-refractivity contribution in [2.24, 2.45) is 16.0 Å². The number of aromatic hydroxyl groups is 1. The van der Waals surface area contributed by atoms with Crippen LogP contribution in [-0.4, -0.2) is 39.6 Å². The highest BCUT2D eigenvalue weighted by Crippen LogP contribution is 2.38. The van der Waals surface area contributed by atoms with Gasteiger partial charge < -0.3 is 10.4 Å². The van der Waals surface area contributed by atoms with Crippen molar-refractivity contribution in [2.75, 3.05) is 0 Å². The first kappa shape index (κ1) is 20.5. The zero-order chi connectivity index (χ0) is 22.6. The Hall–Kier alpha value is -3.37. The van der Waals surface area contributed by atoms with E-state index in [1.807, 2.05) is 31.2 Å². The first-order valence-electron chi connectivity index (χ1n) is 9.90. The maximum Gasteiger partial charge on any atom is 0.285 e. The Balaban J connectivity index is 1.62. The zero-order valence-electron chi connectivity index (χ0n) is 17.2.